The van der Waals surface area contributed by atoms with Gasteiger partial charge >= 0.3 is 0 Å². The van der Waals surface area contributed by atoms with E-state index >= 15 is 0 Å². The van der Waals surface area contributed by atoms with Crippen LogP contribution < -0.4 is 0 Å². The number of hydrogen-bond donors (Lipinski definition) is 0. The lowest BCUT2D eigenvalue weighted by atomic mass is 10.1. The molecular weight excluding hydrogens is 220 g/mol. The first-order valence-corrected chi connectivity index (χ1v) is 9.23. The normalized spacial score (nSPS) is 24.0. The van der Waals surface area contributed by atoms with E-state index in [4.69, 9.17) is 0 Å². The van der Waals surface area contributed by atoms with E-state index < -0.39 is 0 Å². The Bertz CT molecular complexity index is 67.1. The summed E-state index contributed by atoms with van der Waals surface area (Å²) >= 11 is 0. The van der Waals surface area contributed by atoms with Gasteiger partial charge in [-0.25, -0.2) is 0 Å². The highest BCUT2D eigenvalue weighted by atomic mass is 33.1. The topological polar surface area (TPSA) is 0 Å². The fraction of sp³-hybridized carbons (Fsp3) is 1.00. The maximum absolute atomic E-state index is 2.10. The SMILES string of the molecule is C1CCCCCCSSCCCCCC1. The highest BCUT2D eigenvalue weighted by Crippen LogP contribution is 2.25. The molecule has 2 heteroatoms. The molecular formula is C13H26S2. The molecule has 0 saturated carbocycles. The third-order valence-electron chi connectivity index (χ3n) is 3.04. The Morgan fingerprint density at radius 3 is 0.933 bits per heavy atom. The highest BCUT2D eigenvalue weighted by molar-refractivity contribution is 8.76. The molecule has 0 spiro atoms. The fourth-order valence-corrected chi connectivity index (χ4v) is 4.32. The fourth-order valence-electron chi connectivity index (χ4n) is 2.03. The van der Waals surface area contributed by atoms with Gasteiger partial charge in [-0.2, -0.15) is 0 Å². The Balaban J connectivity index is 2.01. The van der Waals surface area contributed by atoms with Crippen LogP contribution in [0.15, 0.2) is 0 Å². The molecule has 1 fully saturated rings. The summed E-state index contributed by atoms with van der Waals surface area (Å²) in [5, 5.41) is 0. The molecule has 90 valence electrons. The number of hydrogen-bond acceptors (Lipinski definition) is 2. The van der Waals surface area contributed by atoms with Gasteiger partial charge in [0.25, 0.3) is 0 Å². The second-order valence-corrected chi connectivity index (χ2v) is 7.24. The largest absolute Gasteiger partial charge is 0.0942 e. The first-order chi connectivity index (χ1) is 7.50. The van der Waals surface area contributed by atoms with Gasteiger partial charge in [0.05, 0.1) is 0 Å². The predicted octanol–water partition coefficient (Wildman–Crippen LogP) is 5.67. The van der Waals surface area contributed by atoms with Crippen LogP contribution in [0.2, 0.25) is 0 Å². The average molecular weight is 246 g/mol. The van der Waals surface area contributed by atoms with Crippen LogP contribution in [-0.4, -0.2) is 11.5 Å². The zero-order valence-electron chi connectivity index (χ0n) is 10.0. The lowest BCUT2D eigenvalue weighted by molar-refractivity contribution is 0.556. The zero-order chi connectivity index (χ0) is 10.6. The van der Waals surface area contributed by atoms with Crippen molar-refractivity contribution in [3.63, 3.8) is 0 Å². The molecule has 1 rings (SSSR count). The van der Waals surface area contributed by atoms with Gasteiger partial charge in [-0.1, -0.05) is 79.4 Å². The zero-order valence-corrected chi connectivity index (χ0v) is 11.6. The van der Waals surface area contributed by atoms with E-state index in [-0.39, 0.29) is 0 Å². The van der Waals surface area contributed by atoms with Crippen molar-refractivity contribution in [3.8, 4) is 0 Å². The van der Waals surface area contributed by atoms with Gasteiger partial charge in [-0.3, -0.25) is 0 Å². The van der Waals surface area contributed by atoms with E-state index in [0.29, 0.717) is 0 Å². The third kappa shape index (κ3) is 9.62. The van der Waals surface area contributed by atoms with Crippen molar-refractivity contribution < 1.29 is 0 Å². The van der Waals surface area contributed by atoms with E-state index in [1.807, 2.05) is 0 Å². The molecule has 0 unspecified atom stereocenters. The van der Waals surface area contributed by atoms with Crippen LogP contribution in [0.4, 0.5) is 0 Å². The van der Waals surface area contributed by atoms with Gasteiger partial charge in [0.2, 0.25) is 0 Å². The molecule has 0 nitrogen and oxygen atoms in total. The molecule has 0 aromatic rings. The van der Waals surface area contributed by atoms with Crippen LogP contribution in [-0.2, 0) is 0 Å². The lowest BCUT2D eigenvalue weighted by Crippen LogP contribution is -1.82. The molecule has 15 heavy (non-hydrogen) atoms. The Hall–Kier alpha value is 0.700. The summed E-state index contributed by atoms with van der Waals surface area (Å²) in [6.45, 7) is 0. The Labute approximate surface area is 104 Å². The van der Waals surface area contributed by atoms with Gasteiger partial charge < -0.3 is 0 Å². The molecule has 0 radical (unpaired) electrons. The summed E-state index contributed by atoms with van der Waals surface area (Å²) in [4.78, 5) is 0. The highest BCUT2D eigenvalue weighted by Gasteiger charge is 1.96. The third-order valence-corrected chi connectivity index (χ3v) is 5.62. The average Bonchev–Trinajstić information content (AvgIpc) is 2.27. The molecule has 0 aromatic carbocycles. The lowest BCUT2D eigenvalue weighted by Gasteiger charge is -2.01. The van der Waals surface area contributed by atoms with Crippen molar-refractivity contribution in [2.45, 2.75) is 70.6 Å². The van der Waals surface area contributed by atoms with Gasteiger partial charge in [-0.05, 0) is 12.8 Å². The van der Waals surface area contributed by atoms with E-state index in [1.54, 1.807) is 0 Å². The first kappa shape index (κ1) is 13.8. The molecule has 0 bridgehead atoms. The van der Waals surface area contributed by atoms with Gasteiger partial charge in [0.1, 0.15) is 0 Å². The number of rotatable bonds is 0. The van der Waals surface area contributed by atoms with Crippen molar-refractivity contribution in [2.75, 3.05) is 11.5 Å². The minimum Gasteiger partial charge on any atom is -0.0942 e. The minimum atomic E-state index is 1.38. The minimum absolute atomic E-state index is 1.38. The maximum Gasteiger partial charge on any atom is 0.00369 e. The van der Waals surface area contributed by atoms with Crippen LogP contribution in [0, 0.1) is 0 Å². The van der Waals surface area contributed by atoms with Crippen LogP contribution in [0.5, 0.6) is 0 Å². The van der Waals surface area contributed by atoms with Gasteiger partial charge in [0, 0.05) is 11.5 Å². The maximum atomic E-state index is 2.10. The molecule has 0 aromatic heterocycles. The van der Waals surface area contributed by atoms with E-state index in [2.05, 4.69) is 21.6 Å². The summed E-state index contributed by atoms with van der Waals surface area (Å²) in [7, 11) is 4.20. The van der Waals surface area contributed by atoms with Crippen LogP contribution in [0.25, 0.3) is 0 Å². The van der Waals surface area contributed by atoms with Crippen LogP contribution in [0.1, 0.15) is 70.6 Å². The summed E-state index contributed by atoms with van der Waals surface area (Å²) in [5.41, 5.74) is 0. The molecule has 1 heterocycles. The molecule has 1 saturated heterocycles. The molecule has 1 aliphatic rings. The first-order valence-electron chi connectivity index (χ1n) is 6.74. The monoisotopic (exact) mass is 246 g/mol. The molecule has 1 aliphatic heterocycles. The van der Waals surface area contributed by atoms with E-state index in [1.165, 1.54) is 82.1 Å². The van der Waals surface area contributed by atoms with Crippen molar-refractivity contribution >= 4 is 21.6 Å². The second kappa shape index (κ2) is 11.2. The van der Waals surface area contributed by atoms with Crippen molar-refractivity contribution in [2.24, 2.45) is 0 Å². The van der Waals surface area contributed by atoms with Gasteiger partial charge in [0.15, 0.2) is 0 Å². The predicted molar refractivity (Wildman–Crippen MR) is 75.7 cm³/mol. The second-order valence-electron chi connectivity index (χ2n) is 4.53. The summed E-state index contributed by atoms with van der Waals surface area (Å²) < 4.78 is 0. The summed E-state index contributed by atoms with van der Waals surface area (Å²) in [5.74, 6) is 2.76. The smallest absolute Gasteiger partial charge is 0.00369 e. The Kier molecular flexibility index (Phi) is 10.3. The van der Waals surface area contributed by atoms with Crippen molar-refractivity contribution in [3.05, 3.63) is 0 Å². The van der Waals surface area contributed by atoms with Crippen molar-refractivity contribution in [1.29, 1.82) is 0 Å². The quantitative estimate of drug-likeness (QED) is 0.505. The van der Waals surface area contributed by atoms with E-state index in [9.17, 15) is 0 Å². The molecule has 0 N–H and O–H groups in total. The van der Waals surface area contributed by atoms with Crippen LogP contribution >= 0.6 is 21.6 Å². The van der Waals surface area contributed by atoms with E-state index in [0.717, 1.165) is 0 Å². The summed E-state index contributed by atoms with van der Waals surface area (Å²) in [6, 6.07) is 0. The molecule has 0 aliphatic carbocycles. The van der Waals surface area contributed by atoms with Crippen molar-refractivity contribution in [1.82, 2.24) is 0 Å². The Morgan fingerprint density at radius 1 is 0.333 bits per heavy atom. The summed E-state index contributed by atoms with van der Waals surface area (Å²) in [6.07, 6.45) is 16.2. The van der Waals surface area contributed by atoms with Gasteiger partial charge in [-0.15, -0.1) is 0 Å². The van der Waals surface area contributed by atoms with Crippen LogP contribution in [0.3, 0.4) is 0 Å². The Morgan fingerprint density at radius 2 is 0.600 bits per heavy atom. The standard InChI is InChI=1S/C13H26S2/c1-2-4-6-8-10-12-14-15-13-11-9-7-5-3-1/h1-13H2. The molecule has 0 amide bonds. The molecule has 0 atom stereocenters.